The smallest absolute Gasteiger partial charge is 0.265 e. The van der Waals surface area contributed by atoms with E-state index in [1.165, 1.54) is 32.2 Å². The van der Waals surface area contributed by atoms with Gasteiger partial charge in [0.15, 0.2) is 0 Å². The summed E-state index contributed by atoms with van der Waals surface area (Å²) >= 11 is 0. The van der Waals surface area contributed by atoms with Crippen LogP contribution in [0.15, 0.2) is 18.2 Å². The van der Waals surface area contributed by atoms with Crippen LogP contribution in [0.5, 0.6) is 5.75 Å². The molecule has 0 heterocycles. The van der Waals surface area contributed by atoms with Gasteiger partial charge in [-0.05, 0) is 18.2 Å². The van der Waals surface area contributed by atoms with E-state index in [1.807, 2.05) is 0 Å². The summed E-state index contributed by atoms with van der Waals surface area (Å²) in [6.07, 6.45) is 0. The Morgan fingerprint density at radius 3 is 2.61 bits per heavy atom. The van der Waals surface area contributed by atoms with Crippen molar-refractivity contribution in [3.8, 4) is 5.75 Å². The first-order valence-corrected chi connectivity index (χ1v) is 5.04. The Balaban J connectivity index is 3.05. The molecule has 0 bridgehead atoms. The van der Waals surface area contributed by atoms with Crippen LogP contribution < -0.4 is 10.1 Å². The number of benzene rings is 1. The normalized spacial score (nSPS) is 9.67. The number of ether oxygens (including phenoxy) is 1. The van der Waals surface area contributed by atoms with Crippen LogP contribution in [0.2, 0.25) is 0 Å². The van der Waals surface area contributed by atoms with Gasteiger partial charge in [0.2, 0.25) is 11.7 Å². The van der Waals surface area contributed by atoms with Gasteiger partial charge in [-0.25, -0.2) is 0 Å². The molecule has 0 saturated heterocycles. The number of nitrogens with one attached hydrogen (secondary N) is 1. The van der Waals surface area contributed by atoms with Gasteiger partial charge in [0.05, 0.1) is 12.8 Å². The van der Waals surface area contributed by atoms with Crippen molar-refractivity contribution in [1.82, 2.24) is 0 Å². The Bertz CT molecular complexity index is 498. The predicted molar refractivity (Wildman–Crippen MR) is 63.5 cm³/mol. The van der Waals surface area contributed by atoms with E-state index in [1.54, 1.807) is 0 Å². The summed E-state index contributed by atoms with van der Waals surface area (Å²) in [6.45, 7) is 0.525. The highest BCUT2D eigenvalue weighted by Gasteiger charge is 2.15. The zero-order valence-corrected chi connectivity index (χ0v) is 9.93. The number of ketones is 1. The second-order valence-electron chi connectivity index (χ2n) is 3.51. The molecule has 1 N–H and O–H groups in total. The number of carbonyl (C=O) groups excluding carboxylic acids is 2. The summed E-state index contributed by atoms with van der Waals surface area (Å²) in [5.41, 5.74) is 0.454. The van der Waals surface area contributed by atoms with Crippen LogP contribution in [0.3, 0.4) is 0 Å². The fraction of sp³-hybridized carbons (Fsp3) is 0.273. The largest absolute Gasteiger partial charge is 0.495 e. The van der Waals surface area contributed by atoms with Crippen molar-refractivity contribution in [2.75, 3.05) is 19.0 Å². The highest BCUT2D eigenvalue weighted by Crippen LogP contribution is 2.25. The summed E-state index contributed by atoms with van der Waals surface area (Å²) < 4.78 is 5.00. The topological polar surface area (TPSA) is 98.5 Å². The first kappa shape index (κ1) is 13.6. The number of hydrogen-bond donors (Lipinski definition) is 1. The Morgan fingerprint density at radius 2 is 2.11 bits per heavy atom. The standard InChI is InChI=1S/C11H12N2O5/c1-7(14)12-9-5-8(3-4-11(9)18-2)10(15)6-13(16)17/h3-5H,6H2,1-2H3,(H,12,14). The number of nitro groups is 1. The lowest BCUT2D eigenvalue weighted by molar-refractivity contribution is -0.465. The monoisotopic (exact) mass is 252 g/mol. The molecule has 1 amide bonds. The fourth-order valence-electron chi connectivity index (χ4n) is 1.38. The molecule has 0 aliphatic carbocycles. The molecule has 1 aromatic rings. The van der Waals surface area contributed by atoms with E-state index < -0.39 is 17.3 Å². The van der Waals surface area contributed by atoms with Crippen molar-refractivity contribution in [2.45, 2.75) is 6.92 Å². The van der Waals surface area contributed by atoms with Gasteiger partial charge in [-0.2, -0.15) is 0 Å². The molecule has 0 aromatic heterocycles. The van der Waals surface area contributed by atoms with Crippen LogP contribution in [0.25, 0.3) is 0 Å². The molecule has 0 radical (unpaired) electrons. The minimum atomic E-state index is -0.786. The summed E-state index contributed by atoms with van der Waals surface area (Å²) in [7, 11) is 1.42. The fourth-order valence-corrected chi connectivity index (χ4v) is 1.38. The molecule has 0 unspecified atom stereocenters. The second-order valence-corrected chi connectivity index (χ2v) is 3.51. The lowest BCUT2D eigenvalue weighted by Gasteiger charge is -2.09. The van der Waals surface area contributed by atoms with E-state index >= 15 is 0 Å². The third-order valence-electron chi connectivity index (χ3n) is 2.10. The van der Waals surface area contributed by atoms with Crippen molar-refractivity contribution in [3.05, 3.63) is 33.9 Å². The number of methoxy groups -OCH3 is 1. The average Bonchev–Trinajstić information content (AvgIpc) is 2.27. The quantitative estimate of drug-likeness (QED) is 0.481. The van der Waals surface area contributed by atoms with Crippen LogP contribution in [0.1, 0.15) is 17.3 Å². The van der Waals surface area contributed by atoms with E-state index in [-0.39, 0.29) is 11.5 Å². The van der Waals surface area contributed by atoms with Crippen molar-refractivity contribution in [3.63, 3.8) is 0 Å². The molecule has 96 valence electrons. The van der Waals surface area contributed by atoms with Crippen molar-refractivity contribution < 1.29 is 19.2 Å². The molecule has 7 nitrogen and oxygen atoms in total. The summed E-state index contributed by atoms with van der Waals surface area (Å²) in [5, 5.41) is 12.7. The number of amides is 1. The molecule has 0 aliphatic heterocycles. The first-order chi connectivity index (χ1) is 8.43. The number of nitrogens with zero attached hydrogens (tertiary/aromatic N) is 1. The predicted octanol–water partition coefficient (Wildman–Crippen LogP) is 1.11. The maximum Gasteiger partial charge on any atom is 0.265 e. The van der Waals surface area contributed by atoms with Gasteiger partial charge >= 0.3 is 0 Å². The van der Waals surface area contributed by atoms with Crippen LogP contribution in [-0.4, -0.2) is 30.3 Å². The molecule has 0 saturated carbocycles. The summed E-state index contributed by atoms with van der Waals surface area (Å²) in [5.74, 6) is -0.579. The van der Waals surface area contributed by atoms with Gasteiger partial charge < -0.3 is 10.1 Å². The summed E-state index contributed by atoms with van der Waals surface area (Å²) in [4.78, 5) is 32.0. The molecule has 0 spiro atoms. The zero-order chi connectivity index (χ0) is 13.7. The lowest BCUT2D eigenvalue weighted by Crippen LogP contribution is -2.14. The van der Waals surface area contributed by atoms with Gasteiger partial charge in [0.25, 0.3) is 6.54 Å². The molecule has 1 aromatic carbocycles. The lowest BCUT2D eigenvalue weighted by atomic mass is 10.1. The number of rotatable bonds is 5. The second kappa shape index (κ2) is 5.76. The Hall–Kier alpha value is -2.44. The number of hydrogen-bond acceptors (Lipinski definition) is 5. The van der Waals surface area contributed by atoms with E-state index in [0.29, 0.717) is 11.4 Å². The average molecular weight is 252 g/mol. The van der Waals surface area contributed by atoms with E-state index in [4.69, 9.17) is 4.74 Å². The Morgan fingerprint density at radius 1 is 1.44 bits per heavy atom. The van der Waals surface area contributed by atoms with Crippen molar-refractivity contribution >= 4 is 17.4 Å². The number of carbonyl (C=O) groups is 2. The molecule has 1 rings (SSSR count). The molecule has 0 aliphatic rings. The molecule has 18 heavy (non-hydrogen) atoms. The van der Waals surface area contributed by atoms with E-state index in [0.717, 1.165) is 0 Å². The SMILES string of the molecule is COc1ccc(C(=O)C[N+](=O)[O-])cc1NC(C)=O. The van der Waals surface area contributed by atoms with E-state index in [2.05, 4.69) is 5.32 Å². The molecule has 0 fully saturated rings. The number of Topliss-reactive ketones (excluding diaryl/α,β-unsaturated/α-hetero) is 1. The van der Waals surface area contributed by atoms with Crippen LogP contribution >= 0.6 is 0 Å². The van der Waals surface area contributed by atoms with Crippen molar-refractivity contribution in [1.29, 1.82) is 0 Å². The third kappa shape index (κ3) is 3.55. The van der Waals surface area contributed by atoms with Gasteiger partial charge in [0.1, 0.15) is 5.75 Å². The van der Waals surface area contributed by atoms with Crippen LogP contribution in [-0.2, 0) is 4.79 Å². The summed E-state index contributed by atoms with van der Waals surface area (Å²) in [6, 6.07) is 4.24. The Kier molecular flexibility index (Phi) is 4.36. The van der Waals surface area contributed by atoms with Crippen molar-refractivity contribution in [2.24, 2.45) is 0 Å². The molecular formula is C11H12N2O5. The highest BCUT2D eigenvalue weighted by molar-refractivity contribution is 5.99. The maximum atomic E-state index is 11.5. The maximum absolute atomic E-state index is 11.5. The minimum absolute atomic E-state index is 0.149. The van der Waals surface area contributed by atoms with Gasteiger partial charge in [-0.3, -0.25) is 19.7 Å². The van der Waals surface area contributed by atoms with Gasteiger partial charge in [-0.15, -0.1) is 0 Å². The molecule has 7 heteroatoms. The third-order valence-corrected chi connectivity index (χ3v) is 2.10. The minimum Gasteiger partial charge on any atom is -0.495 e. The van der Waals surface area contributed by atoms with Gasteiger partial charge in [-0.1, -0.05) is 0 Å². The van der Waals surface area contributed by atoms with Crippen LogP contribution in [0.4, 0.5) is 5.69 Å². The highest BCUT2D eigenvalue weighted by atomic mass is 16.6. The number of anilines is 1. The van der Waals surface area contributed by atoms with E-state index in [9.17, 15) is 19.7 Å². The molecule has 0 atom stereocenters. The first-order valence-electron chi connectivity index (χ1n) is 5.04. The molecular weight excluding hydrogens is 240 g/mol. The van der Waals surface area contributed by atoms with Crippen LogP contribution in [0, 0.1) is 10.1 Å². The Labute approximate surface area is 103 Å². The van der Waals surface area contributed by atoms with Gasteiger partial charge in [0, 0.05) is 17.4 Å². The zero-order valence-electron chi connectivity index (χ0n) is 9.93.